The molecule has 158 valence electrons. The van der Waals surface area contributed by atoms with Gasteiger partial charge in [-0.05, 0) is 61.6 Å². The number of thiocarbonyl (C=S) groups is 1. The number of rotatable bonds is 3. The van der Waals surface area contributed by atoms with E-state index in [4.69, 9.17) is 26.1 Å². The molecule has 2 atom stereocenters. The van der Waals surface area contributed by atoms with Gasteiger partial charge in [0.05, 0.1) is 19.4 Å². The van der Waals surface area contributed by atoms with E-state index in [9.17, 15) is 9.18 Å². The van der Waals surface area contributed by atoms with Crippen LogP contribution in [0.2, 0.25) is 0 Å². The highest BCUT2D eigenvalue weighted by atomic mass is 32.1. The molecule has 3 aromatic rings. The Morgan fingerprint density at radius 3 is 2.65 bits per heavy atom. The molecule has 31 heavy (non-hydrogen) atoms. The topological polar surface area (TPSA) is 55.2 Å². The number of anilines is 1. The van der Waals surface area contributed by atoms with Crippen LogP contribution in [-0.2, 0) is 0 Å². The van der Waals surface area contributed by atoms with Gasteiger partial charge in [0.15, 0.2) is 28.1 Å². The van der Waals surface area contributed by atoms with Gasteiger partial charge in [0.25, 0.3) is 5.91 Å². The summed E-state index contributed by atoms with van der Waals surface area (Å²) in [4.78, 5) is 16.7. The second kappa shape index (κ2) is 7.09. The molecule has 3 heterocycles. The molecule has 1 amide bonds. The van der Waals surface area contributed by atoms with Gasteiger partial charge < -0.3 is 13.9 Å². The number of hydrogen-bond acceptors (Lipinski definition) is 5. The van der Waals surface area contributed by atoms with E-state index in [2.05, 4.69) is 0 Å². The highest BCUT2D eigenvalue weighted by Gasteiger charge is 2.54. The summed E-state index contributed by atoms with van der Waals surface area (Å²) in [5.74, 6) is 0.571. The van der Waals surface area contributed by atoms with Crippen LogP contribution < -0.4 is 14.4 Å². The Balaban J connectivity index is 1.70. The third kappa shape index (κ3) is 2.97. The number of fused-ring (bicyclic) bond motifs is 4. The van der Waals surface area contributed by atoms with Crippen LogP contribution in [0.4, 0.5) is 10.1 Å². The van der Waals surface area contributed by atoms with Gasteiger partial charge in [-0.1, -0.05) is 12.1 Å². The number of amides is 1. The quantitative estimate of drug-likeness (QED) is 0.542. The van der Waals surface area contributed by atoms with Crippen LogP contribution in [0.3, 0.4) is 0 Å². The van der Waals surface area contributed by atoms with Gasteiger partial charge in [0.2, 0.25) is 0 Å². The normalized spacial score (nSPS) is 22.0. The lowest BCUT2D eigenvalue weighted by atomic mass is 9.88. The van der Waals surface area contributed by atoms with Crippen molar-refractivity contribution in [3.05, 3.63) is 78.0 Å². The summed E-state index contributed by atoms with van der Waals surface area (Å²) in [6.45, 7) is 1.90. The Kier molecular flexibility index (Phi) is 4.48. The molecule has 8 heteroatoms. The molecule has 1 aromatic heterocycles. The number of nitrogens with zero attached hydrogens (tertiary/aromatic N) is 2. The minimum Gasteiger partial charge on any atom is -0.493 e. The second-order valence-corrected chi connectivity index (χ2v) is 7.99. The zero-order valence-corrected chi connectivity index (χ0v) is 17.7. The molecule has 2 aliphatic rings. The summed E-state index contributed by atoms with van der Waals surface area (Å²) in [6, 6.07) is 14.4. The standard InChI is InChI=1S/C23H19FN2O4S/c1-23-13-17(16-5-3-6-18(28-2)20(16)30-23)25(21(27)19-7-4-12-29-19)22(31)26(23)15-10-8-14(24)9-11-15/h3-12,17H,13H2,1-2H3/t17-,23+/m1/s1. The molecule has 1 saturated heterocycles. The van der Waals surface area contributed by atoms with E-state index < -0.39 is 5.72 Å². The van der Waals surface area contributed by atoms with E-state index in [1.165, 1.54) is 18.4 Å². The number of furan rings is 1. The first-order valence-corrected chi connectivity index (χ1v) is 10.2. The van der Waals surface area contributed by atoms with Crippen molar-refractivity contribution >= 4 is 28.9 Å². The molecule has 0 N–H and O–H groups in total. The van der Waals surface area contributed by atoms with E-state index in [0.29, 0.717) is 23.6 Å². The van der Waals surface area contributed by atoms with Crippen molar-refractivity contribution < 1.29 is 23.1 Å². The summed E-state index contributed by atoms with van der Waals surface area (Å²) >= 11 is 5.81. The zero-order valence-electron chi connectivity index (χ0n) is 16.9. The smallest absolute Gasteiger partial charge is 0.296 e. The van der Waals surface area contributed by atoms with Crippen LogP contribution in [0.5, 0.6) is 11.5 Å². The van der Waals surface area contributed by atoms with Crippen molar-refractivity contribution in [2.45, 2.75) is 25.1 Å². The third-order valence-corrected chi connectivity index (χ3v) is 6.08. The van der Waals surface area contributed by atoms with Gasteiger partial charge in [-0.2, -0.15) is 0 Å². The number of hydrogen-bond donors (Lipinski definition) is 0. The van der Waals surface area contributed by atoms with E-state index >= 15 is 0 Å². The van der Waals surface area contributed by atoms with Crippen LogP contribution in [-0.4, -0.2) is 28.8 Å². The highest BCUT2D eigenvalue weighted by molar-refractivity contribution is 7.80. The SMILES string of the molecule is COc1cccc2c1O[C@@]1(C)C[C@H]2N(C(=O)c2ccco2)C(=S)N1c1ccc(F)cc1. The van der Waals surface area contributed by atoms with Crippen molar-refractivity contribution in [2.24, 2.45) is 0 Å². The number of halogens is 1. The average Bonchev–Trinajstić information content (AvgIpc) is 3.29. The van der Waals surface area contributed by atoms with E-state index in [0.717, 1.165) is 5.56 Å². The predicted molar refractivity (Wildman–Crippen MR) is 116 cm³/mol. The molecule has 6 nitrogen and oxygen atoms in total. The third-order valence-electron chi connectivity index (χ3n) is 5.70. The van der Waals surface area contributed by atoms with Crippen molar-refractivity contribution in [1.29, 1.82) is 0 Å². The summed E-state index contributed by atoms with van der Waals surface area (Å²) in [5, 5.41) is 0.250. The number of carbonyl (C=O) groups is 1. The van der Waals surface area contributed by atoms with Gasteiger partial charge in [-0.25, -0.2) is 4.39 Å². The van der Waals surface area contributed by atoms with E-state index in [-0.39, 0.29) is 28.6 Å². The highest BCUT2D eigenvalue weighted by Crippen LogP contribution is 2.52. The van der Waals surface area contributed by atoms with Crippen LogP contribution >= 0.6 is 12.2 Å². The monoisotopic (exact) mass is 438 g/mol. The predicted octanol–water partition coefficient (Wildman–Crippen LogP) is 4.91. The summed E-state index contributed by atoms with van der Waals surface area (Å²) in [5.41, 5.74) is 0.502. The first-order valence-electron chi connectivity index (χ1n) is 9.76. The fraction of sp³-hybridized carbons (Fsp3) is 0.217. The Hall–Kier alpha value is -3.39. The molecule has 0 aliphatic carbocycles. The Bertz CT molecular complexity index is 1160. The molecule has 0 unspecified atom stereocenters. The van der Waals surface area contributed by atoms with E-state index in [1.54, 1.807) is 41.2 Å². The van der Waals surface area contributed by atoms with Gasteiger partial charge in [-0.15, -0.1) is 0 Å². The molecule has 2 aliphatic heterocycles. The fourth-order valence-electron chi connectivity index (χ4n) is 4.33. The lowest BCUT2D eigenvalue weighted by Gasteiger charge is -2.55. The molecule has 0 spiro atoms. The summed E-state index contributed by atoms with van der Waals surface area (Å²) < 4.78 is 31.0. The Labute approximate surface area is 183 Å². The molecule has 1 fully saturated rings. The van der Waals surface area contributed by atoms with Gasteiger partial charge >= 0.3 is 0 Å². The minimum atomic E-state index is -0.916. The number of carbonyl (C=O) groups excluding carboxylic acids is 1. The average molecular weight is 438 g/mol. The Morgan fingerprint density at radius 1 is 1.19 bits per heavy atom. The summed E-state index contributed by atoms with van der Waals surface area (Å²) in [7, 11) is 1.57. The molecule has 2 aromatic carbocycles. The van der Waals surface area contributed by atoms with Gasteiger partial charge in [0.1, 0.15) is 5.82 Å². The summed E-state index contributed by atoms with van der Waals surface area (Å²) in [6.07, 6.45) is 1.89. The largest absolute Gasteiger partial charge is 0.493 e. The molecule has 0 saturated carbocycles. The molecule has 2 bridgehead atoms. The lowest BCUT2D eigenvalue weighted by molar-refractivity contribution is 0.0152. The van der Waals surface area contributed by atoms with Crippen LogP contribution in [0.25, 0.3) is 0 Å². The van der Waals surface area contributed by atoms with Crippen LogP contribution in [0, 0.1) is 5.82 Å². The molecular formula is C23H19FN2O4S. The van der Waals surface area contributed by atoms with Crippen molar-refractivity contribution in [2.75, 3.05) is 12.0 Å². The maximum atomic E-state index is 13.6. The van der Waals surface area contributed by atoms with Gasteiger partial charge in [-0.3, -0.25) is 14.6 Å². The van der Waals surface area contributed by atoms with Crippen molar-refractivity contribution in [1.82, 2.24) is 4.90 Å². The molecule has 5 rings (SSSR count). The number of para-hydroxylation sites is 1. The second-order valence-electron chi connectivity index (χ2n) is 7.62. The van der Waals surface area contributed by atoms with Crippen LogP contribution in [0.1, 0.15) is 35.5 Å². The molecular weight excluding hydrogens is 419 g/mol. The molecule has 0 radical (unpaired) electrons. The first-order chi connectivity index (χ1) is 14.9. The maximum Gasteiger partial charge on any atom is 0.296 e. The van der Waals surface area contributed by atoms with Gasteiger partial charge in [0, 0.05) is 17.7 Å². The number of benzene rings is 2. The van der Waals surface area contributed by atoms with Crippen molar-refractivity contribution in [3.63, 3.8) is 0 Å². The van der Waals surface area contributed by atoms with E-state index in [1.807, 2.05) is 25.1 Å². The number of methoxy groups -OCH3 is 1. The van der Waals surface area contributed by atoms with Crippen LogP contribution in [0.15, 0.2) is 65.3 Å². The minimum absolute atomic E-state index is 0.181. The van der Waals surface area contributed by atoms with Crippen molar-refractivity contribution in [3.8, 4) is 11.5 Å². The fourth-order valence-corrected chi connectivity index (χ4v) is 4.84. The first kappa shape index (κ1) is 19.6. The Morgan fingerprint density at radius 2 is 1.97 bits per heavy atom. The zero-order chi connectivity index (χ0) is 21.8. The number of ether oxygens (including phenoxy) is 2. The lowest BCUT2D eigenvalue weighted by Crippen LogP contribution is -2.67. The maximum absolute atomic E-state index is 13.6.